The first-order valence-corrected chi connectivity index (χ1v) is 4.29. The maximum Gasteiger partial charge on any atom is 0.206 e. The average molecular weight is 195 g/mol. The highest BCUT2D eigenvalue weighted by molar-refractivity contribution is 7.80. The zero-order valence-electron chi connectivity index (χ0n) is 7.36. The summed E-state index contributed by atoms with van der Waals surface area (Å²) in [7, 11) is 0. The van der Waals surface area contributed by atoms with Crippen LogP contribution in [0.4, 0.5) is 0 Å². The van der Waals surface area contributed by atoms with E-state index in [9.17, 15) is 4.79 Å². The Balaban J connectivity index is 2.81. The van der Waals surface area contributed by atoms with E-state index in [2.05, 4.69) is 0 Å². The van der Waals surface area contributed by atoms with Crippen LogP contribution < -0.4 is 10.3 Å². The van der Waals surface area contributed by atoms with Gasteiger partial charge in [-0.05, 0) is 0 Å². The van der Waals surface area contributed by atoms with E-state index in [0.717, 1.165) is 5.56 Å². The van der Waals surface area contributed by atoms with Gasteiger partial charge in [-0.1, -0.05) is 12.2 Å². The lowest BCUT2D eigenvalue weighted by Crippen LogP contribution is -2.36. The SMILES string of the molecule is CC(=O)C[n+]1ccc(C(N)=S)cc1. The van der Waals surface area contributed by atoms with Crippen molar-refractivity contribution in [3.8, 4) is 0 Å². The first-order valence-electron chi connectivity index (χ1n) is 3.88. The summed E-state index contributed by atoms with van der Waals surface area (Å²) >= 11 is 4.79. The minimum Gasteiger partial charge on any atom is -0.389 e. The number of carbonyl (C=O) groups is 1. The third-order valence-electron chi connectivity index (χ3n) is 1.58. The number of aromatic nitrogens is 1. The molecule has 4 heteroatoms. The minimum absolute atomic E-state index is 0.119. The molecule has 1 rings (SSSR count). The highest BCUT2D eigenvalue weighted by atomic mass is 32.1. The van der Waals surface area contributed by atoms with E-state index in [1.54, 1.807) is 36.0 Å². The Labute approximate surface area is 82.2 Å². The molecule has 2 N–H and O–H groups in total. The fraction of sp³-hybridized carbons (Fsp3) is 0.222. The molecule has 1 aromatic heterocycles. The number of rotatable bonds is 3. The quantitative estimate of drug-likeness (QED) is 0.553. The zero-order chi connectivity index (χ0) is 9.84. The lowest BCUT2D eigenvalue weighted by Gasteiger charge is -1.96. The molecule has 1 aromatic rings. The van der Waals surface area contributed by atoms with Crippen molar-refractivity contribution < 1.29 is 9.36 Å². The number of hydrogen-bond donors (Lipinski definition) is 1. The van der Waals surface area contributed by atoms with Crippen LogP contribution in [0.3, 0.4) is 0 Å². The lowest BCUT2D eigenvalue weighted by molar-refractivity contribution is -0.684. The Morgan fingerprint density at radius 2 is 2.08 bits per heavy atom. The molecule has 0 aliphatic heterocycles. The second-order valence-corrected chi connectivity index (χ2v) is 3.27. The second-order valence-electron chi connectivity index (χ2n) is 2.83. The summed E-state index contributed by atoms with van der Waals surface area (Å²) in [5.74, 6) is 0.119. The maximum atomic E-state index is 10.8. The van der Waals surface area contributed by atoms with Crippen molar-refractivity contribution in [2.24, 2.45) is 5.73 Å². The molecule has 0 amide bonds. The van der Waals surface area contributed by atoms with Crippen LogP contribution in [0.5, 0.6) is 0 Å². The van der Waals surface area contributed by atoms with Gasteiger partial charge < -0.3 is 5.73 Å². The summed E-state index contributed by atoms with van der Waals surface area (Å²) in [6.45, 7) is 1.94. The molecule has 0 saturated heterocycles. The normalized spacial score (nSPS) is 9.62. The van der Waals surface area contributed by atoms with Gasteiger partial charge in [0.25, 0.3) is 0 Å². The van der Waals surface area contributed by atoms with Crippen molar-refractivity contribution in [3.05, 3.63) is 30.1 Å². The molecular formula is C9H11N2OS+. The summed E-state index contributed by atoms with van der Waals surface area (Å²) in [6.07, 6.45) is 3.58. The fourth-order valence-corrected chi connectivity index (χ4v) is 1.12. The smallest absolute Gasteiger partial charge is 0.206 e. The molecule has 0 aliphatic carbocycles. The third-order valence-corrected chi connectivity index (χ3v) is 1.82. The Morgan fingerprint density at radius 3 is 2.46 bits per heavy atom. The van der Waals surface area contributed by atoms with Crippen molar-refractivity contribution in [2.75, 3.05) is 0 Å². The summed E-state index contributed by atoms with van der Waals surface area (Å²) in [5, 5.41) is 0. The average Bonchev–Trinajstić information content (AvgIpc) is 2.04. The largest absolute Gasteiger partial charge is 0.389 e. The number of ketones is 1. The van der Waals surface area contributed by atoms with Gasteiger partial charge in [-0.2, -0.15) is 4.57 Å². The number of nitrogens with zero attached hydrogens (tertiary/aromatic N) is 1. The van der Waals surface area contributed by atoms with Gasteiger partial charge in [0.2, 0.25) is 6.54 Å². The van der Waals surface area contributed by atoms with Gasteiger partial charge in [0.05, 0.1) is 0 Å². The van der Waals surface area contributed by atoms with Crippen LogP contribution in [-0.4, -0.2) is 10.8 Å². The second kappa shape index (κ2) is 4.09. The Hall–Kier alpha value is -1.29. The van der Waals surface area contributed by atoms with Gasteiger partial charge in [0.15, 0.2) is 18.2 Å². The van der Waals surface area contributed by atoms with Gasteiger partial charge >= 0.3 is 0 Å². The van der Waals surface area contributed by atoms with Crippen LogP contribution in [0.15, 0.2) is 24.5 Å². The van der Waals surface area contributed by atoms with Gasteiger partial charge in [-0.25, -0.2) is 0 Å². The molecule has 13 heavy (non-hydrogen) atoms. The Morgan fingerprint density at radius 1 is 1.54 bits per heavy atom. The monoisotopic (exact) mass is 195 g/mol. The van der Waals surface area contributed by atoms with E-state index in [1.807, 2.05) is 0 Å². The fourth-order valence-electron chi connectivity index (χ4n) is 0.984. The van der Waals surface area contributed by atoms with Gasteiger partial charge in [-0.15, -0.1) is 0 Å². The van der Waals surface area contributed by atoms with E-state index >= 15 is 0 Å². The van der Waals surface area contributed by atoms with Crippen LogP contribution >= 0.6 is 12.2 Å². The maximum absolute atomic E-state index is 10.8. The third kappa shape index (κ3) is 2.91. The van der Waals surface area contributed by atoms with Crippen molar-refractivity contribution >= 4 is 23.0 Å². The lowest BCUT2D eigenvalue weighted by atomic mass is 10.2. The number of pyridine rings is 1. The molecule has 1 heterocycles. The van der Waals surface area contributed by atoms with Crippen LogP contribution in [0.1, 0.15) is 12.5 Å². The van der Waals surface area contributed by atoms with Crippen molar-refractivity contribution in [2.45, 2.75) is 13.5 Å². The summed E-state index contributed by atoms with van der Waals surface area (Å²) in [4.78, 5) is 11.1. The Bertz CT molecular complexity index is 332. The van der Waals surface area contributed by atoms with Gasteiger partial charge in [-0.3, -0.25) is 4.79 Å². The van der Waals surface area contributed by atoms with E-state index in [-0.39, 0.29) is 5.78 Å². The van der Waals surface area contributed by atoms with Crippen LogP contribution in [0.25, 0.3) is 0 Å². The molecule has 3 nitrogen and oxygen atoms in total. The van der Waals surface area contributed by atoms with E-state index in [4.69, 9.17) is 18.0 Å². The number of hydrogen-bond acceptors (Lipinski definition) is 2. The molecule has 0 fully saturated rings. The Kier molecular flexibility index (Phi) is 3.08. The zero-order valence-corrected chi connectivity index (χ0v) is 8.17. The van der Waals surface area contributed by atoms with Crippen LogP contribution in [0.2, 0.25) is 0 Å². The van der Waals surface area contributed by atoms with Crippen molar-refractivity contribution in [3.63, 3.8) is 0 Å². The molecule has 0 aliphatic rings. The van der Waals surface area contributed by atoms with E-state index in [1.165, 1.54) is 0 Å². The molecular weight excluding hydrogens is 184 g/mol. The molecule has 0 spiro atoms. The first kappa shape index (κ1) is 9.80. The topological polar surface area (TPSA) is 47.0 Å². The summed E-state index contributed by atoms with van der Waals surface area (Å²) in [6, 6.07) is 3.59. The van der Waals surface area contributed by atoms with E-state index in [0.29, 0.717) is 11.5 Å². The highest BCUT2D eigenvalue weighted by Crippen LogP contribution is 1.93. The number of thiocarbonyl (C=S) groups is 1. The van der Waals surface area contributed by atoms with Gasteiger partial charge in [0, 0.05) is 24.6 Å². The minimum atomic E-state index is 0.119. The summed E-state index contributed by atoms with van der Waals surface area (Å²) < 4.78 is 1.78. The van der Waals surface area contributed by atoms with Crippen LogP contribution in [0, 0.1) is 0 Å². The first-order chi connectivity index (χ1) is 6.09. The molecule has 0 saturated carbocycles. The molecule has 0 atom stereocenters. The standard InChI is InChI=1S/C9H10N2OS/c1-7(12)6-11-4-2-8(3-5-11)9(10)13/h2-5H,6H2,1H3,(H-,10,13)/p+1. The molecule has 0 radical (unpaired) electrons. The highest BCUT2D eigenvalue weighted by Gasteiger charge is 2.04. The predicted molar refractivity (Wildman–Crippen MR) is 53.2 cm³/mol. The number of Topliss-reactive ketones (excluding diaryl/α,β-unsaturated/α-hetero) is 1. The van der Waals surface area contributed by atoms with Crippen molar-refractivity contribution in [1.29, 1.82) is 0 Å². The van der Waals surface area contributed by atoms with Crippen LogP contribution in [-0.2, 0) is 11.3 Å². The number of nitrogens with two attached hydrogens (primary N) is 1. The van der Waals surface area contributed by atoms with Crippen molar-refractivity contribution in [1.82, 2.24) is 0 Å². The molecule has 68 valence electrons. The molecule has 0 aromatic carbocycles. The summed E-state index contributed by atoms with van der Waals surface area (Å²) in [5.41, 5.74) is 6.23. The number of carbonyl (C=O) groups excluding carboxylic acids is 1. The predicted octanol–water partition coefficient (Wildman–Crippen LogP) is 0.197. The molecule has 0 unspecified atom stereocenters. The van der Waals surface area contributed by atoms with E-state index < -0.39 is 0 Å². The van der Waals surface area contributed by atoms with Gasteiger partial charge in [0.1, 0.15) is 4.99 Å². The molecule has 0 bridgehead atoms.